The maximum Gasteiger partial charge on any atom is 0.240 e. The molecule has 152 valence electrons. The van der Waals surface area contributed by atoms with Crippen LogP contribution in [-0.4, -0.2) is 35.3 Å². The van der Waals surface area contributed by atoms with Gasteiger partial charge in [-0.15, -0.1) is 12.4 Å². The van der Waals surface area contributed by atoms with Crippen LogP contribution >= 0.6 is 12.4 Å². The van der Waals surface area contributed by atoms with Crippen LogP contribution < -0.4 is 16.8 Å². The summed E-state index contributed by atoms with van der Waals surface area (Å²) in [6.07, 6.45) is 3.41. The summed E-state index contributed by atoms with van der Waals surface area (Å²) in [7, 11) is 0. The number of amides is 2. The van der Waals surface area contributed by atoms with E-state index in [1.807, 2.05) is 19.1 Å². The number of hydrogen-bond acceptors (Lipinski definition) is 4. The summed E-state index contributed by atoms with van der Waals surface area (Å²) in [5.74, 6) is -0.375. The van der Waals surface area contributed by atoms with Gasteiger partial charge in [0.2, 0.25) is 11.8 Å². The maximum absolute atomic E-state index is 12.2. The molecule has 5 N–H and O–H groups in total. The number of piperidine rings is 1. The molecule has 2 unspecified atom stereocenters. The Kier molecular flexibility index (Phi) is 9.22. The van der Waals surface area contributed by atoms with Gasteiger partial charge in [-0.05, 0) is 43.9 Å². The van der Waals surface area contributed by atoms with Gasteiger partial charge in [-0.1, -0.05) is 37.6 Å². The number of nitrogens with two attached hydrogens (primary N) is 2. The summed E-state index contributed by atoms with van der Waals surface area (Å²) in [6.45, 7) is 6.74. The van der Waals surface area contributed by atoms with Gasteiger partial charge in [-0.25, -0.2) is 0 Å². The van der Waals surface area contributed by atoms with Crippen molar-refractivity contribution in [1.29, 1.82) is 0 Å². The van der Waals surface area contributed by atoms with Gasteiger partial charge in [0.1, 0.15) is 0 Å². The van der Waals surface area contributed by atoms with Crippen molar-refractivity contribution in [3.05, 3.63) is 35.4 Å². The summed E-state index contributed by atoms with van der Waals surface area (Å²) in [5, 5.41) is 2.94. The Morgan fingerprint density at radius 2 is 2.04 bits per heavy atom. The average Bonchev–Trinajstić information content (AvgIpc) is 2.60. The van der Waals surface area contributed by atoms with Crippen molar-refractivity contribution in [2.45, 2.75) is 58.2 Å². The van der Waals surface area contributed by atoms with E-state index in [0.29, 0.717) is 13.0 Å². The van der Waals surface area contributed by atoms with E-state index in [0.717, 1.165) is 44.5 Å². The molecule has 2 atom stereocenters. The molecule has 0 spiro atoms. The van der Waals surface area contributed by atoms with E-state index in [-0.39, 0.29) is 30.1 Å². The highest BCUT2D eigenvalue weighted by Gasteiger charge is 2.27. The second-order valence-corrected chi connectivity index (χ2v) is 7.65. The lowest BCUT2D eigenvalue weighted by Gasteiger charge is -2.31. The van der Waals surface area contributed by atoms with Gasteiger partial charge in [0.05, 0.1) is 11.5 Å². The summed E-state index contributed by atoms with van der Waals surface area (Å²) in [6, 6.07) is 8.17. The van der Waals surface area contributed by atoms with E-state index < -0.39 is 5.54 Å². The van der Waals surface area contributed by atoms with Crippen molar-refractivity contribution in [1.82, 2.24) is 10.2 Å². The zero-order chi connectivity index (χ0) is 19.2. The van der Waals surface area contributed by atoms with Crippen LogP contribution in [0.2, 0.25) is 0 Å². The zero-order valence-electron chi connectivity index (χ0n) is 16.4. The minimum atomic E-state index is -0.829. The lowest BCUT2D eigenvalue weighted by molar-refractivity contribution is -0.126. The normalized spacial score (nSPS) is 19.6. The first kappa shape index (κ1) is 23.4. The molecule has 0 aliphatic carbocycles. The number of primary amides is 1. The van der Waals surface area contributed by atoms with Gasteiger partial charge < -0.3 is 16.8 Å². The van der Waals surface area contributed by atoms with Crippen molar-refractivity contribution in [2.75, 3.05) is 13.1 Å². The van der Waals surface area contributed by atoms with Gasteiger partial charge in [-0.3, -0.25) is 14.5 Å². The minimum Gasteiger partial charge on any atom is -0.369 e. The molecule has 1 aliphatic heterocycles. The van der Waals surface area contributed by atoms with Gasteiger partial charge in [0, 0.05) is 19.6 Å². The third-order valence-electron chi connectivity index (χ3n) is 5.05. The van der Waals surface area contributed by atoms with Crippen molar-refractivity contribution < 1.29 is 9.59 Å². The first-order valence-electron chi connectivity index (χ1n) is 9.48. The Hall–Kier alpha value is -1.63. The Balaban J connectivity index is 0.00000364. The standard InChI is InChI=1S/C20H32N4O2.ClH/c1-3-9-20(2,22)19(26)23-12-15-6-4-7-16(11-15)13-24-10-5-8-17(14-24)18(21)25;/h4,6-7,11,17H,3,5,8-10,12-14,22H2,1-2H3,(H2,21,25)(H,23,26);1H. The third kappa shape index (κ3) is 7.13. The second kappa shape index (κ2) is 10.6. The van der Waals surface area contributed by atoms with E-state index in [1.54, 1.807) is 6.92 Å². The molecule has 1 aromatic rings. The van der Waals surface area contributed by atoms with Gasteiger partial charge >= 0.3 is 0 Å². The number of rotatable bonds is 8. The lowest BCUT2D eigenvalue weighted by Crippen LogP contribution is -2.51. The van der Waals surface area contributed by atoms with Crippen molar-refractivity contribution in [3.63, 3.8) is 0 Å². The van der Waals surface area contributed by atoms with Crippen LogP contribution in [0.25, 0.3) is 0 Å². The van der Waals surface area contributed by atoms with Gasteiger partial charge in [0.25, 0.3) is 0 Å². The highest BCUT2D eigenvalue weighted by atomic mass is 35.5. The van der Waals surface area contributed by atoms with Crippen LogP contribution in [0.4, 0.5) is 0 Å². The smallest absolute Gasteiger partial charge is 0.240 e. The number of hydrogen-bond donors (Lipinski definition) is 3. The van der Waals surface area contributed by atoms with E-state index in [1.165, 1.54) is 5.56 Å². The second-order valence-electron chi connectivity index (χ2n) is 7.65. The Labute approximate surface area is 168 Å². The molecule has 1 heterocycles. The highest BCUT2D eigenvalue weighted by Crippen LogP contribution is 2.19. The molecule has 27 heavy (non-hydrogen) atoms. The zero-order valence-corrected chi connectivity index (χ0v) is 17.2. The van der Waals surface area contributed by atoms with E-state index in [9.17, 15) is 9.59 Å². The predicted molar refractivity (Wildman–Crippen MR) is 110 cm³/mol. The van der Waals surface area contributed by atoms with E-state index in [4.69, 9.17) is 11.5 Å². The fourth-order valence-electron chi connectivity index (χ4n) is 3.54. The quantitative estimate of drug-likeness (QED) is 0.624. The van der Waals surface area contributed by atoms with Gasteiger partial charge in [-0.2, -0.15) is 0 Å². The topological polar surface area (TPSA) is 101 Å². The molecule has 7 heteroatoms. The SMILES string of the molecule is CCCC(C)(N)C(=O)NCc1cccc(CN2CCCC(C(N)=O)C2)c1.Cl. The molecule has 2 amide bonds. The number of nitrogens with one attached hydrogen (secondary N) is 1. The molecular formula is C20H33ClN4O2. The number of likely N-dealkylation sites (tertiary alicyclic amines) is 1. The summed E-state index contributed by atoms with van der Waals surface area (Å²) < 4.78 is 0. The number of carbonyl (C=O) groups excluding carboxylic acids is 2. The number of nitrogens with zero attached hydrogens (tertiary/aromatic N) is 1. The predicted octanol–water partition coefficient (Wildman–Crippen LogP) is 1.94. The molecule has 1 saturated heterocycles. The number of carbonyl (C=O) groups is 2. The molecule has 1 aromatic carbocycles. The fourth-order valence-corrected chi connectivity index (χ4v) is 3.54. The van der Waals surface area contributed by atoms with Crippen molar-refractivity contribution in [2.24, 2.45) is 17.4 Å². The molecule has 1 fully saturated rings. The van der Waals surface area contributed by atoms with Crippen molar-refractivity contribution >= 4 is 24.2 Å². The Bertz CT molecular complexity index is 636. The van der Waals surface area contributed by atoms with E-state index >= 15 is 0 Å². The first-order valence-corrected chi connectivity index (χ1v) is 9.48. The van der Waals surface area contributed by atoms with Crippen molar-refractivity contribution in [3.8, 4) is 0 Å². The van der Waals surface area contributed by atoms with Crippen LogP contribution in [0.3, 0.4) is 0 Å². The Morgan fingerprint density at radius 1 is 1.33 bits per heavy atom. The number of halogens is 1. The monoisotopic (exact) mass is 396 g/mol. The molecule has 0 bridgehead atoms. The lowest BCUT2D eigenvalue weighted by atomic mass is 9.96. The fraction of sp³-hybridized carbons (Fsp3) is 0.600. The highest BCUT2D eigenvalue weighted by molar-refractivity contribution is 5.85. The summed E-state index contributed by atoms with van der Waals surface area (Å²) in [4.78, 5) is 25.9. The summed E-state index contributed by atoms with van der Waals surface area (Å²) in [5.41, 5.74) is 12.9. The van der Waals surface area contributed by atoms with Crippen LogP contribution in [0.1, 0.15) is 50.7 Å². The van der Waals surface area contributed by atoms with Crippen LogP contribution in [0.15, 0.2) is 24.3 Å². The van der Waals surface area contributed by atoms with Gasteiger partial charge in [0.15, 0.2) is 0 Å². The molecule has 6 nitrogen and oxygen atoms in total. The molecule has 0 saturated carbocycles. The Morgan fingerprint density at radius 3 is 2.70 bits per heavy atom. The average molecular weight is 397 g/mol. The molecule has 0 radical (unpaired) electrons. The molecule has 0 aromatic heterocycles. The summed E-state index contributed by atoms with van der Waals surface area (Å²) >= 11 is 0. The van der Waals surface area contributed by atoms with Crippen LogP contribution in [0.5, 0.6) is 0 Å². The van der Waals surface area contributed by atoms with Crippen LogP contribution in [0, 0.1) is 5.92 Å². The maximum atomic E-state index is 12.2. The minimum absolute atomic E-state index is 0. The van der Waals surface area contributed by atoms with Crippen LogP contribution in [-0.2, 0) is 22.7 Å². The van der Waals surface area contributed by atoms with E-state index in [2.05, 4.69) is 22.3 Å². The largest absolute Gasteiger partial charge is 0.369 e. The number of benzene rings is 1. The molecular weight excluding hydrogens is 364 g/mol. The first-order chi connectivity index (χ1) is 12.3. The molecule has 2 rings (SSSR count). The third-order valence-corrected chi connectivity index (χ3v) is 5.05. The molecule has 1 aliphatic rings.